The monoisotopic (exact) mass is 269 g/mol. The highest BCUT2D eigenvalue weighted by Crippen LogP contribution is 2.33. The van der Waals surface area contributed by atoms with Crippen molar-refractivity contribution in [2.75, 3.05) is 32.8 Å². The van der Waals surface area contributed by atoms with Crippen LogP contribution >= 0.6 is 0 Å². The highest BCUT2D eigenvalue weighted by Gasteiger charge is 2.34. The van der Waals surface area contributed by atoms with Crippen molar-refractivity contribution in [1.82, 2.24) is 4.90 Å². The van der Waals surface area contributed by atoms with E-state index in [1.165, 1.54) is 25.7 Å². The second kappa shape index (κ2) is 7.05. The largest absolute Gasteiger partial charge is 0.389 e. The van der Waals surface area contributed by atoms with Crippen LogP contribution in [0.3, 0.4) is 0 Å². The summed E-state index contributed by atoms with van der Waals surface area (Å²) >= 11 is 0. The van der Waals surface area contributed by atoms with Gasteiger partial charge in [-0.1, -0.05) is 6.92 Å². The minimum Gasteiger partial charge on any atom is -0.389 e. The number of ether oxygens (including phenoxy) is 1. The molecule has 112 valence electrons. The van der Waals surface area contributed by atoms with E-state index in [1.54, 1.807) is 0 Å². The second-order valence-electron chi connectivity index (χ2n) is 6.79. The van der Waals surface area contributed by atoms with Crippen molar-refractivity contribution in [3.63, 3.8) is 0 Å². The maximum atomic E-state index is 10.7. The van der Waals surface area contributed by atoms with Crippen LogP contribution in [0.2, 0.25) is 0 Å². The molecule has 2 aliphatic rings. The Labute approximate surface area is 118 Å². The normalized spacial score (nSPS) is 34.6. The Kier molecular flexibility index (Phi) is 5.67. The first kappa shape index (κ1) is 15.3. The third kappa shape index (κ3) is 4.73. The van der Waals surface area contributed by atoms with Crippen LogP contribution in [0.5, 0.6) is 0 Å². The van der Waals surface area contributed by atoms with Gasteiger partial charge in [0.15, 0.2) is 0 Å². The summed E-state index contributed by atoms with van der Waals surface area (Å²) < 4.78 is 5.52. The third-order valence-corrected chi connectivity index (χ3v) is 4.99. The van der Waals surface area contributed by atoms with Crippen LogP contribution in [0.1, 0.15) is 52.4 Å². The maximum absolute atomic E-state index is 10.7. The molecule has 0 atom stereocenters. The summed E-state index contributed by atoms with van der Waals surface area (Å²) in [5.74, 6) is 1.54. The lowest BCUT2D eigenvalue weighted by Crippen LogP contribution is -2.48. The van der Waals surface area contributed by atoms with Crippen molar-refractivity contribution in [2.45, 2.75) is 58.0 Å². The molecule has 0 aromatic rings. The molecule has 2 fully saturated rings. The highest BCUT2D eigenvalue weighted by molar-refractivity contribution is 4.88. The fraction of sp³-hybridized carbons (Fsp3) is 1.00. The Hall–Kier alpha value is -0.120. The lowest BCUT2D eigenvalue weighted by atomic mass is 9.79. The summed E-state index contributed by atoms with van der Waals surface area (Å²) in [7, 11) is 0. The fourth-order valence-corrected chi connectivity index (χ4v) is 3.47. The van der Waals surface area contributed by atoms with Gasteiger partial charge in [-0.25, -0.2) is 0 Å². The molecule has 1 heterocycles. The van der Waals surface area contributed by atoms with Gasteiger partial charge in [0.1, 0.15) is 0 Å². The number of aliphatic hydroxyl groups is 1. The van der Waals surface area contributed by atoms with E-state index in [2.05, 4.69) is 18.7 Å². The van der Waals surface area contributed by atoms with E-state index in [1.807, 2.05) is 0 Å². The minimum absolute atomic E-state index is 0.404. The number of hydrogen-bond donors (Lipinski definition) is 1. The van der Waals surface area contributed by atoms with Gasteiger partial charge in [-0.15, -0.1) is 0 Å². The molecule has 0 unspecified atom stereocenters. The van der Waals surface area contributed by atoms with Crippen molar-refractivity contribution in [1.29, 1.82) is 0 Å². The van der Waals surface area contributed by atoms with E-state index in [0.29, 0.717) is 0 Å². The summed E-state index contributed by atoms with van der Waals surface area (Å²) in [6.45, 7) is 9.28. The van der Waals surface area contributed by atoms with Gasteiger partial charge in [-0.3, -0.25) is 0 Å². The Morgan fingerprint density at radius 2 is 1.79 bits per heavy atom. The molecule has 1 saturated heterocycles. The van der Waals surface area contributed by atoms with E-state index in [-0.39, 0.29) is 0 Å². The van der Waals surface area contributed by atoms with E-state index in [9.17, 15) is 5.11 Å². The van der Waals surface area contributed by atoms with E-state index in [4.69, 9.17) is 4.74 Å². The summed E-state index contributed by atoms with van der Waals surface area (Å²) in [5.41, 5.74) is -0.404. The summed E-state index contributed by atoms with van der Waals surface area (Å²) in [5, 5.41) is 10.7. The lowest BCUT2D eigenvalue weighted by Gasteiger charge is -2.41. The molecule has 1 aliphatic heterocycles. The summed E-state index contributed by atoms with van der Waals surface area (Å²) in [6.07, 6.45) is 6.83. The van der Waals surface area contributed by atoms with Crippen LogP contribution in [0, 0.1) is 11.8 Å². The Morgan fingerprint density at radius 3 is 2.37 bits per heavy atom. The number of likely N-dealkylation sites (tertiary alicyclic amines) is 1. The average Bonchev–Trinajstić information content (AvgIpc) is 2.42. The predicted octanol–water partition coefficient (Wildman–Crippen LogP) is 2.68. The maximum Gasteiger partial charge on any atom is 0.0774 e. The molecule has 0 amide bonds. The molecule has 3 nitrogen and oxygen atoms in total. The van der Waals surface area contributed by atoms with Crippen LogP contribution in [-0.2, 0) is 4.74 Å². The molecule has 19 heavy (non-hydrogen) atoms. The number of piperidine rings is 1. The Balaban J connectivity index is 1.70. The Morgan fingerprint density at radius 1 is 1.16 bits per heavy atom. The third-order valence-electron chi connectivity index (χ3n) is 4.99. The number of nitrogens with zero attached hydrogens (tertiary/aromatic N) is 1. The summed E-state index contributed by atoms with van der Waals surface area (Å²) in [4.78, 5) is 2.47. The summed E-state index contributed by atoms with van der Waals surface area (Å²) in [6, 6.07) is 0. The topological polar surface area (TPSA) is 32.7 Å². The first-order chi connectivity index (χ1) is 9.11. The smallest absolute Gasteiger partial charge is 0.0774 e. The average molecular weight is 269 g/mol. The van der Waals surface area contributed by atoms with Crippen molar-refractivity contribution in [3.05, 3.63) is 0 Å². The molecule has 0 spiro atoms. The van der Waals surface area contributed by atoms with Crippen molar-refractivity contribution in [2.24, 2.45) is 11.8 Å². The van der Waals surface area contributed by atoms with E-state index in [0.717, 1.165) is 57.5 Å². The molecule has 1 aliphatic carbocycles. The quantitative estimate of drug-likeness (QED) is 0.833. The highest BCUT2D eigenvalue weighted by atomic mass is 16.5. The second-order valence-corrected chi connectivity index (χ2v) is 6.79. The minimum atomic E-state index is -0.404. The van der Waals surface area contributed by atoms with Gasteiger partial charge in [-0.2, -0.15) is 0 Å². The molecular formula is C16H31NO2. The lowest BCUT2D eigenvalue weighted by molar-refractivity contribution is -0.0434. The van der Waals surface area contributed by atoms with Crippen LogP contribution in [-0.4, -0.2) is 48.5 Å². The molecule has 0 radical (unpaired) electrons. The molecule has 3 heteroatoms. The van der Waals surface area contributed by atoms with Gasteiger partial charge in [0, 0.05) is 19.8 Å². The molecule has 0 aromatic carbocycles. The van der Waals surface area contributed by atoms with Gasteiger partial charge >= 0.3 is 0 Å². The van der Waals surface area contributed by atoms with Crippen LogP contribution in [0.15, 0.2) is 0 Å². The zero-order chi connectivity index (χ0) is 13.7. The first-order valence-electron chi connectivity index (χ1n) is 8.14. The van der Waals surface area contributed by atoms with E-state index < -0.39 is 5.60 Å². The molecule has 1 saturated carbocycles. The van der Waals surface area contributed by atoms with Gasteiger partial charge < -0.3 is 14.7 Å². The fourth-order valence-electron chi connectivity index (χ4n) is 3.47. The SMILES string of the molecule is CCOCC1CCN(CC2(O)CCC(C)CC2)CC1. The van der Waals surface area contributed by atoms with Gasteiger partial charge in [0.25, 0.3) is 0 Å². The molecular weight excluding hydrogens is 238 g/mol. The molecule has 1 N–H and O–H groups in total. The zero-order valence-electron chi connectivity index (χ0n) is 12.7. The first-order valence-corrected chi connectivity index (χ1v) is 8.14. The number of rotatable bonds is 5. The van der Waals surface area contributed by atoms with Gasteiger partial charge in [-0.05, 0) is 70.4 Å². The molecule has 0 aromatic heterocycles. The Bertz CT molecular complexity index is 253. The molecule has 0 bridgehead atoms. The van der Waals surface area contributed by atoms with Crippen LogP contribution < -0.4 is 0 Å². The van der Waals surface area contributed by atoms with Crippen molar-refractivity contribution >= 4 is 0 Å². The van der Waals surface area contributed by atoms with Crippen molar-refractivity contribution < 1.29 is 9.84 Å². The van der Waals surface area contributed by atoms with Gasteiger partial charge in [0.05, 0.1) is 5.60 Å². The standard InChI is InChI=1S/C16H31NO2/c1-3-19-12-15-6-10-17(11-7-15)13-16(18)8-4-14(2)5-9-16/h14-15,18H,3-13H2,1-2H3. The predicted molar refractivity (Wildman–Crippen MR) is 78.2 cm³/mol. The zero-order valence-corrected chi connectivity index (χ0v) is 12.7. The van der Waals surface area contributed by atoms with Gasteiger partial charge in [0.2, 0.25) is 0 Å². The van der Waals surface area contributed by atoms with Crippen LogP contribution in [0.25, 0.3) is 0 Å². The molecule has 2 rings (SSSR count). The van der Waals surface area contributed by atoms with E-state index >= 15 is 0 Å². The van der Waals surface area contributed by atoms with Crippen molar-refractivity contribution in [3.8, 4) is 0 Å². The number of β-amino-alcohol motifs (C(OH)–C–C–N with tert-alkyl or cyclic N) is 1. The van der Waals surface area contributed by atoms with Crippen LogP contribution in [0.4, 0.5) is 0 Å². The number of hydrogen-bond acceptors (Lipinski definition) is 3.